The summed E-state index contributed by atoms with van der Waals surface area (Å²) in [5.74, 6) is 0.0241. The Hall–Kier alpha value is -1.47. The van der Waals surface area contributed by atoms with Gasteiger partial charge in [0.15, 0.2) is 0 Å². The second-order valence-corrected chi connectivity index (χ2v) is 7.45. The molecule has 2 fully saturated rings. The fraction of sp³-hybridized carbons (Fsp3) is 0.650. The normalized spacial score (nSPS) is 24.7. The number of amides is 1. The Morgan fingerprint density at radius 3 is 2.54 bits per heavy atom. The molecule has 2 aliphatic rings. The van der Waals surface area contributed by atoms with Crippen LogP contribution in [0.3, 0.4) is 0 Å². The van der Waals surface area contributed by atoms with Crippen molar-refractivity contribution in [1.82, 2.24) is 20.4 Å². The Kier molecular flexibility index (Phi) is 7.43. The molecule has 0 aliphatic carbocycles. The van der Waals surface area contributed by atoms with Gasteiger partial charge in [-0.05, 0) is 31.4 Å². The van der Waals surface area contributed by atoms with Crippen molar-refractivity contribution < 1.29 is 9.90 Å². The molecule has 3 N–H and O–H groups in total. The van der Waals surface area contributed by atoms with Crippen molar-refractivity contribution in [3.63, 3.8) is 0 Å². The topological polar surface area (TPSA) is 67.8 Å². The van der Waals surface area contributed by atoms with Crippen LogP contribution in [0.5, 0.6) is 0 Å². The lowest BCUT2D eigenvalue weighted by Crippen LogP contribution is -2.46. The van der Waals surface area contributed by atoms with Crippen molar-refractivity contribution in [3.8, 4) is 0 Å². The first-order valence-corrected chi connectivity index (χ1v) is 9.88. The summed E-state index contributed by atoms with van der Waals surface area (Å²) >= 11 is 0. The van der Waals surface area contributed by atoms with Crippen LogP contribution in [-0.2, 0) is 11.3 Å². The molecule has 2 aliphatic heterocycles. The highest BCUT2D eigenvalue weighted by atomic mass is 16.3. The van der Waals surface area contributed by atoms with Crippen LogP contribution < -0.4 is 10.6 Å². The average molecular weight is 361 g/mol. The second-order valence-electron chi connectivity index (χ2n) is 7.45. The zero-order valence-corrected chi connectivity index (χ0v) is 15.6. The first kappa shape index (κ1) is 19.3. The molecule has 6 heteroatoms. The van der Waals surface area contributed by atoms with Gasteiger partial charge in [-0.2, -0.15) is 0 Å². The van der Waals surface area contributed by atoms with E-state index in [-0.39, 0.29) is 18.1 Å². The van der Waals surface area contributed by atoms with E-state index in [0.29, 0.717) is 13.0 Å². The number of hydrogen-bond acceptors (Lipinski definition) is 5. The minimum absolute atomic E-state index is 0.0241. The van der Waals surface area contributed by atoms with Gasteiger partial charge in [-0.15, -0.1) is 0 Å². The van der Waals surface area contributed by atoms with Crippen LogP contribution in [0.15, 0.2) is 30.3 Å². The first-order chi connectivity index (χ1) is 12.7. The number of nitrogens with one attached hydrogen (secondary N) is 2. The molecule has 1 aromatic rings. The third-order valence-corrected chi connectivity index (χ3v) is 5.34. The molecular weight excluding hydrogens is 328 g/mol. The number of β-amino-alcohol motifs (C(OH)–C–C–N with tert-alkyl or cyclic N) is 1. The van der Waals surface area contributed by atoms with Gasteiger partial charge in [-0.3, -0.25) is 9.69 Å². The number of carbonyl (C=O) groups is 1. The lowest BCUT2D eigenvalue weighted by Gasteiger charge is -2.34. The summed E-state index contributed by atoms with van der Waals surface area (Å²) in [5.41, 5.74) is 1.39. The SMILES string of the molecule is O=C(NCCCCN1CCN(Cc2ccccc2)CC1)C1CC(O)CN1. The lowest BCUT2D eigenvalue weighted by atomic mass is 10.2. The highest BCUT2D eigenvalue weighted by molar-refractivity contribution is 5.82. The Balaban J connectivity index is 1.22. The van der Waals surface area contributed by atoms with Crippen LogP contribution in [0.2, 0.25) is 0 Å². The standard InChI is InChI=1S/C20H32N4O2/c25-18-14-19(22-15-18)20(26)21-8-4-5-9-23-10-12-24(13-11-23)16-17-6-2-1-3-7-17/h1-3,6-7,18-19,22,25H,4-5,8-16H2,(H,21,26). The summed E-state index contributed by atoms with van der Waals surface area (Å²) in [5, 5.41) is 15.5. The van der Waals surface area contributed by atoms with Crippen molar-refractivity contribution in [2.45, 2.75) is 38.0 Å². The van der Waals surface area contributed by atoms with Crippen LogP contribution >= 0.6 is 0 Å². The second kappa shape index (κ2) is 10.0. The van der Waals surface area contributed by atoms with Gasteiger partial charge >= 0.3 is 0 Å². The van der Waals surface area contributed by atoms with Crippen LogP contribution in [0, 0.1) is 0 Å². The van der Waals surface area contributed by atoms with Gasteiger partial charge in [-0.25, -0.2) is 0 Å². The number of nitrogens with zero attached hydrogens (tertiary/aromatic N) is 2. The van der Waals surface area contributed by atoms with Crippen molar-refractivity contribution in [3.05, 3.63) is 35.9 Å². The molecule has 1 amide bonds. The summed E-state index contributed by atoms with van der Waals surface area (Å²) < 4.78 is 0. The molecule has 6 nitrogen and oxygen atoms in total. The average Bonchev–Trinajstić information content (AvgIpc) is 3.10. The van der Waals surface area contributed by atoms with Crippen LogP contribution in [0.4, 0.5) is 0 Å². The molecule has 3 rings (SSSR count). The number of aliphatic hydroxyl groups is 1. The van der Waals surface area contributed by atoms with Crippen molar-refractivity contribution in [2.75, 3.05) is 45.8 Å². The molecule has 144 valence electrons. The molecule has 0 radical (unpaired) electrons. The number of aliphatic hydroxyl groups excluding tert-OH is 1. The molecule has 0 spiro atoms. The maximum atomic E-state index is 11.9. The maximum Gasteiger partial charge on any atom is 0.237 e. The number of piperazine rings is 1. The molecule has 2 unspecified atom stereocenters. The number of benzene rings is 1. The molecule has 2 heterocycles. The smallest absolute Gasteiger partial charge is 0.237 e. The van der Waals surface area contributed by atoms with E-state index >= 15 is 0 Å². The third-order valence-electron chi connectivity index (χ3n) is 5.34. The Morgan fingerprint density at radius 2 is 1.85 bits per heavy atom. The third kappa shape index (κ3) is 6.06. The van der Waals surface area contributed by atoms with Crippen molar-refractivity contribution in [1.29, 1.82) is 0 Å². The predicted molar refractivity (Wildman–Crippen MR) is 103 cm³/mol. The predicted octanol–water partition coefficient (Wildman–Crippen LogP) is 0.423. The first-order valence-electron chi connectivity index (χ1n) is 9.88. The number of carbonyl (C=O) groups excluding carboxylic acids is 1. The van der Waals surface area contributed by atoms with E-state index in [1.165, 1.54) is 5.56 Å². The quantitative estimate of drug-likeness (QED) is 0.587. The van der Waals surface area contributed by atoms with Crippen LogP contribution in [0.25, 0.3) is 0 Å². The van der Waals surface area contributed by atoms with Gasteiger partial charge in [-0.1, -0.05) is 30.3 Å². The Bertz CT molecular complexity index is 546. The zero-order valence-electron chi connectivity index (χ0n) is 15.6. The van der Waals surface area contributed by atoms with Gasteiger partial charge in [0.2, 0.25) is 5.91 Å². The minimum atomic E-state index is -0.383. The summed E-state index contributed by atoms with van der Waals surface area (Å²) in [4.78, 5) is 17.0. The molecule has 1 aromatic carbocycles. The summed E-state index contributed by atoms with van der Waals surface area (Å²) in [6.07, 6.45) is 2.26. The van der Waals surface area contributed by atoms with E-state index in [2.05, 4.69) is 50.8 Å². The molecule has 0 aromatic heterocycles. The number of hydrogen-bond donors (Lipinski definition) is 3. The van der Waals surface area contributed by atoms with Crippen LogP contribution in [-0.4, -0.2) is 78.8 Å². The number of unbranched alkanes of at least 4 members (excludes halogenated alkanes) is 1. The highest BCUT2D eigenvalue weighted by Crippen LogP contribution is 2.09. The molecule has 0 bridgehead atoms. The molecule has 2 saturated heterocycles. The maximum absolute atomic E-state index is 11.9. The van der Waals surface area contributed by atoms with E-state index in [9.17, 15) is 9.90 Å². The van der Waals surface area contributed by atoms with E-state index in [4.69, 9.17) is 0 Å². The summed E-state index contributed by atoms with van der Waals surface area (Å²) in [7, 11) is 0. The van der Waals surface area contributed by atoms with Gasteiger partial charge in [0.25, 0.3) is 0 Å². The lowest BCUT2D eigenvalue weighted by molar-refractivity contribution is -0.122. The molecule has 2 atom stereocenters. The fourth-order valence-corrected chi connectivity index (χ4v) is 3.72. The molecule has 26 heavy (non-hydrogen) atoms. The minimum Gasteiger partial charge on any atom is -0.392 e. The highest BCUT2D eigenvalue weighted by Gasteiger charge is 2.27. The largest absolute Gasteiger partial charge is 0.392 e. The van der Waals surface area contributed by atoms with Gasteiger partial charge in [0.05, 0.1) is 12.1 Å². The van der Waals surface area contributed by atoms with Crippen molar-refractivity contribution >= 4 is 5.91 Å². The molecular formula is C20H32N4O2. The Morgan fingerprint density at radius 1 is 1.12 bits per heavy atom. The molecule has 0 saturated carbocycles. The Labute approximate surface area is 156 Å². The van der Waals surface area contributed by atoms with E-state index in [1.807, 2.05) is 0 Å². The van der Waals surface area contributed by atoms with Crippen LogP contribution in [0.1, 0.15) is 24.8 Å². The monoisotopic (exact) mass is 360 g/mol. The zero-order chi connectivity index (χ0) is 18.2. The van der Waals surface area contributed by atoms with Gasteiger partial charge in [0.1, 0.15) is 0 Å². The van der Waals surface area contributed by atoms with Gasteiger partial charge in [0, 0.05) is 45.8 Å². The van der Waals surface area contributed by atoms with E-state index in [1.54, 1.807) is 0 Å². The van der Waals surface area contributed by atoms with Crippen molar-refractivity contribution in [2.24, 2.45) is 0 Å². The summed E-state index contributed by atoms with van der Waals surface area (Å²) in [6.45, 7) is 7.91. The summed E-state index contributed by atoms with van der Waals surface area (Å²) in [6, 6.07) is 10.5. The fourth-order valence-electron chi connectivity index (χ4n) is 3.72. The number of rotatable bonds is 8. The van der Waals surface area contributed by atoms with E-state index in [0.717, 1.165) is 58.7 Å². The van der Waals surface area contributed by atoms with Gasteiger partial charge < -0.3 is 20.6 Å². The van der Waals surface area contributed by atoms with E-state index < -0.39 is 0 Å².